The van der Waals surface area contributed by atoms with Crippen LogP contribution in [0.3, 0.4) is 0 Å². The number of nitrogen functional groups attached to an aromatic ring is 1. The summed E-state index contributed by atoms with van der Waals surface area (Å²) < 4.78 is 5.25. The van der Waals surface area contributed by atoms with Gasteiger partial charge in [0.25, 0.3) is 0 Å². The van der Waals surface area contributed by atoms with Crippen molar-refractivity contribution in [1.82, 2.24) is 9.97 Å². The fraction of sp³-hybridized carbons (Fsp3) is 0.250. The molecule has 2 aromatic rings. The Kier molecular flexibility index (Phi) is 1.30. The highest BCUT2D eigenvalue weighted by Crippen LogP contribution is 2.20. The first-order valence-corrected chi connectivity index (χ1v) is 3.66. The molecule has 2 N–H and O–H groups in total. The highest BCUT2D eigenvalue weighted by atomic mass is 16.3. The Morgan fingerprint density at radius 1 is 1.33 bits per heavy atom. The van der Waals surface area contributed by atoms with Crippen LogP contribution in [0.4, 0.5) is 5.95 Å². The molecule has 2 heterocycles. The monoisotopic (exact) mass is 163 g/mol. The molecule has 0 atom stereocenters. The van der Waals surface area contributed by atoms with Gasteiger partial charge in [0.05, 0.1) is 12.0 Å². The fourth-order valence-electron chi connectivity index (χ4n) is 1.20. The summed E-state index contributed by atoms with van der Waals surface area (Å²) in [6, 6.07) is 0. The van der Waals surface area contributed by atoms with E-state index in [0.717, 1.165) is 22.4 Å². The van der Waals surface area contributed by atoms with Crippen LogP contribution in [-0.2, 0) is 0 Å². The van der Waals surface area contributed by atoms with E-state index in [1.54, 1.807) is 6.26 Å². The van der Waals surface area contributed by atoms with E-state index < -0.39 is 0 Å². The minimum Gasteiger partial charge on any atom is -0.460 e. The molecule has 62 valence electrons. The Bertz CT molecular complexity index is 433. The molecule has 0 bridgehead atoms. The van der Waals surface area contributed by atoms with Crippen molar-refractivity contribution in [2.75, 3.05) is 5.73 Å². The van der Waals surface area contributed by atoms with Crippen molar-refractivity contribution >= 4 is 17.0 Å². The molecule has 0 saturated heterocycles. The quantitative estimate of drug-likeness (QED) is 0.637. The molecular formula is C8H9N3O. The molecule has 0 amide bonds. The first-order chi connectivity index (χ1) is 5.68. The van der Waals surface area contributed by atoms with Crippen molar-refractivity contribution in [2.45, 2.75) is 13.8 Å². The molecule has 0 fully saturated rings. The summed E-state index contributed by atoms with van der Waals surface area (Å²) in [4.78, 5) is 8.06. The van der Waals surface area contributed by atoms with Crippen molar-refractivity contribution in [2.24, 2.45) is 0 Å². The number of hydrogen-bond donors (Lipinski definition) is 1. The molecule has 4 heteroatoms. The number of aromatic nitrogens is 2. The molecule has 0 aliphatic rings. The number of anilines is 1. The van der Waals surface area contributed by atoms with E-state index in [1.165, 1.54) is 0 Å². The zero-order chi connectivity index (χ0) is 8.72. The molecular weight excluding hydrogens is 154 g/mol. The van der Waals surface area contributed by atoms with Crippen molar-refractivity contribution in [3.63, 3.8) is 0 Å². The lowest BCUT2D eigenvalue weighted by Gasteiger charge is -1.95. The summed E-state index contributed by atoms with van der Waals surface area (Å²) >= 11 is 0. The molecule has 2 aromatic heterocycles. The lowest BCUT2D eigenvalue weighted by atomic mass is 10.3. The van der Waals surface area contributed by atoms with Gasteiger partial charge in [-0.2, -0.15) is 0 Å². The molecule has 2 rings (SSSR count). The number of furan rings is 1. The maximum Gasteiger partial charge on any atom is 0.221 e. The molecule has 4 nitrogen and oxygen atoms in total. The maximum absolute atomic E-state index is 5.49. The molecule has 0 saturated carbocycles. The van der Waals surface area contributed by atoms with Crippen LogP contribution in [0.25, 0.3) is 11.1 Å². The lowest BCUT2D eigenvalue weighted by Crippen LogP contribution is -1.96. The minimum atomic E-state index is 0.296. The van der Waals surface area contributed by atoms with Crippen LogP contribution in [0.2, 0.25) is 0 Å². The van der Waals surface area contributed by atoms with Crippen molar-refractivity contribution in [3.8, 4) is 0 Å². The Morgan fingerprint density at radius 3 is 2.83 bits per heavy atom. The normalized spacial score (nSPS) is 10.8. The maximum atomic E-state index is 5.49. The van der Waals surface area contributed by atoms with Gasteiger partial charge in [-0.25, -0.2) is 9.97 Å². The van der Waals surface area contributed by atoms with E-state index in [4.69, 9.17) is 10.2 Å². The zero-order valence-electron chi connectivity index (χ0n) is 6.96. The first-order valence-electron chi connectivity index (χ1n) is 3.66. The average molecular weight is 163 g/mol. The van der Waals surface area contributed by atoms with E-state index in [-0.39, 0.29) is 0 Å². The molecule has 0 unspecified atom stereocenters. The number of aryl methyl sites for hydroxylation is 2. The van der Waals surface area contributed by atoms with E-state index >= 15 is 0 Å². The third-order valence-electron chi connectivity index (χ3n) is 1.78. The predicted molar refractivity (Wildman–Crippen MR) is 45.7 cm³/mol. The first kappa shape index (κ1) is 7.09. The van der Waals surface area contributed by atoms with E-state index in [1.807, 2.05) is 13.8 Å². The molecule has 0 aromatic carbocycles. The minimum absolute atomic E-state index is 0.296. The Morgan fingerprint density at radius 2 is 2.08 bits per heavy atom. The van der Waals surface area contributed by atoms with E-state index in [2.05, 4.69) is 9.97 Å². The molecule has 12 heavy (non-hydrogen) atoms. The Balaban J connectivity index is 2.92. The van der Waals surface area contributed by atoms with Gasteiger partial charge in [0.1, 0.15) is 5.52 Å². The van der Waals surface area contributed by atoms with Gasteiger partial charge in [0.2, 0.25) is 5.95 Å². The van der Waals surface area contributed by atoms with Gasteiger partial charge in [-0.05, 0) is 13.8 Å². The SMILES string of the molecule is Cc1coc2c(C)nc(N)nc12. The number of nitrogens with zero attached hydrogens (tertiary/aromatic N) is 2. The third-order valence-corrected chi connectivity index (χ3v) is 1.78. The fourth-order valence-corrected chi connectivity index (χ4v) is 1.20. The van der Waals surface area contributed by atoms with Crippen molar-refractivity contribution in [1.29, 1.82) is 0 Å². The van der Waals surface area contributed by atoms with Crippen LogP contribution in [0, 0.1) is 13.8 Å². The Labute approximate surface area is 69.4 Å². The highest BCUT2D eigenvalue weighted by molar-refractivity contribution is 5.78. The second-order valence-corrected chi connectivity index (χ2v) is 2.76. The third kappa shape index (κ3) is 0.845. The largest absolute Gasteiger partial charge is 0.460 e. The lowest BCUT2D eigenvalue weighted by molar-refractivity contribution is 0.608. The Hall–Kier alpha value is -1.58. The summed E-state index contributed by atoms with van der Waals surface area (Å²) in [6.07, 6.45) is 1.66. The standard InChI is InChI=1S/C8H9N3O/c1-4-3-12-7-5(2)10-8(9)11-6(4)7/h3H,1-2H3,(H2,9,10,11). The van der Waals surface area contributed by atoms with Crippen LogP contribution in [0.5, 0.6) is 0 Å². The average Bonchev–Trinajstić information content (AvgIpc) is 2.33. The predicted octanol–water partition coefficient (Wildman–Crippen LogP) is 1.42. The summed E-state index contributed by atoms with van der Waals surface area (Å²) in [5.41, 5.74) is 8.79. The molecule has 0 spiro atoms. The van der Waals surface area contributed by atoms with Crippen LogP contribution in [0.1, 0.15) is 11.3 Å². The van der Waals surface area contributed by atoms with Crippen molar-refractivity contribution in [3.05, 3.63) is 17.5 Å². The van der Waals surface area contributed by atoms with Gasteiger partial charge in [-0.1, -0.05) is 0 Å². The van der Waals surface area contributed by atoms with Crippen LogP contribution >= 0.6 is 0 Å². The summed E-state index contributed by atoms with van der Waals surface area (Å²) in [7, 11) is 0. The molecule has 0 aliphatic carbocycles. The van der Waals surface area contributed by atoms with Gasteiger partial charge in [-0.3, -0.25) is 0 Å². The van der Waals surface area contributed by atoms with Gasteiger partial charge >= 0.3 is 0 Å². The second-order valence-electron chi connectivity index (χ2n) is 2.76. The smallest absolute Gasteiger partial charge is 0.221 e. The zero-order valence-corrected chi connectivity index (χ0v) is 6.96. The highest BCUT2D eigenvalue weighted by Gasteiger charge is 2.07. The topological polar surface area (TPSA) is 64.9 Å². The second kappa shape index (κ2) is 2.20. The van der Waals surface area contributed by atoms with Gasteiger partial charge in [-0.15, -0.1) is 0 Å². The molecule has 0 radical (unpaired) electrons. The number of fused-ring (bicyclic) bond motifs is 1. The van der Waals surface area contributed by atoms with Gasteiger partial charge in [0.15, 0.2) is 5.58 Å². The number of rotatable bonds is 0. The summed E-state index contributed by atoms with van der Waals surface area (Å²) in [5, 5.41) is 0. The van der Waals surface area contributed by atoms with Crippen LogP contribution in [-0.4, -0.2) is 9.97 Å². The number of nitrogens with two attached hydrogens (primary N) is 1. The van der Waals surface area contributed by atoms with Crippen LogP contribution < -0.4 is 5.73 Å². The van der Waals surface area contributed by atoms with Gasteiger partial charge in [0, 0.05) is 5.56 Å². The number of hydrogen-bond acceptors (Lipinski definition) is 4. The van der Waals surface area contributed by atoms with Crippen LogP contribution in [0.15, 0.2) is 10.7 Å². The summed E-state index contributed by atoms with van der Waals surface area (Å²) in [6.45, 7) is 3.78. The van der Waals surface area contributed by atoms with Crippen molar-refractivity contribution < 1.29 is 4.42 Å². The van der Waals surface area contributed by atoms with E-state index in [0.29, 0.717) is 5.95 Å². The van der Waals surface area contributed by atoms with Gasteiger partial charge < -0.3 is 10.2 Å². The van der Waals surface area contributed by atoms with E-state index in [9.17, 15) is 0 Å². The molecule has 0 aliphatic heterocycles. The summed E-state index contributed by atoms with van der Waals surface area (Å²) in [5.74, 6) is 0.296.